The molecular formula is C28H21Cl2N3OS. The van der Waals surface area contributed by atoms with Crippen molar-refractivity contribution in [2.75, 3.05) is 11.1 Å². The first-order chi connectivity index (χ1) is 17.0. The maximum absolute atomic E-state index is 12.8. The number of rotatable bonds is 7. The fourth-order valence-corrected chi connectivity index (χ4v) is 4.69. The zero-order chi connectivity index (χ0) is 24.8. The van der Waals surface area contributed by atoms with Crippen LogP contribution in [0.3, 0.4) is 0 Å². The van der Waals surface area contributed by atoms with E-state index in [0.717, 1.165) is 34.4 Å². The van der Waals surface area contributed by atoms with E-state index >= 15 is 0 Å². The quantitative estimate of drug-likeness (QED) is 0.253. The first kappa shape index (κ1) is 24.8. The van der Waals surface area contributed by atoms with Gasteiger partial charge >= 0.3 is 0 Å². The number of carbonyl (C=O) groups is 1. The number of aryl methyl sites for hydroxylation is 1. The summed E-state index contributed by atoms with van der Waals surface area (Å²) in [5.74, 6) is -0.0457. The maximum Gasteiger partial charge on any atom is 0.234 e. The summed E-state index contributed by atoms with van der Waals surface area (Å²) in [6.07, 6.45) is 0.817. The molecule has 4 rings (SSSR count). The molecule has 1 heterocycles. The van der Waals surface area contributed by atoms with Crippen molar-refractivity contribution < 1.29 is 4.79 Å². The summed E-state index contributed by atoms with van der Waals surface area (Å²) in [5.41, 5.74) is 5.39. The lowest BCUT2D eigenvalue weighted by atomic mass is 9.99. The lowest BCUT2D eigenvalue weighted by Crippen LogP contribution is -2.15. The van der Waals surface area contributed by atoms with Crippen molar-refractivity contribution in [3.8, 4) is 28.5 Å². The molecule has 0 aliphatic rings. The second kappa shape index (κ2) is 11.4. The van der Waals surface area contributed by atoms with Crippen molar-refractivity contribution in [1.82, 2.24) is 4.98 Å². The van der Waals surface area contributed by atoms with Gasteiger partial charge in [-0.1, -0.05) is 84.4 Å². The topological polar surface area (TPSA) is 65.8 Å². The van der Waals surface area contributed by atoms with Crippen molar-refractivity contribution in [1.29, 1.82) is 5.26 Å². The molecule has 174 valence electrons. The molecule has 0 saturated carbocycles. The van der Waals surface area contributed by atoms with Crippen LogP contribution in [-0.4, -0.2) is 16.6 Å². The summed E-state index contributed by atoms with van der Waals surface area (Å²) in [5, 5.41) is 14.7. The predicted octanol–water partition coefficient (Wildman–Crippen LogP) is 7.89. The molecule has 0 aliphatic heterocycles. The molecule has 7 heteroatoms. The van der Waals surface area contributed by atoms with E-state index in [2.05, 4.69) is 11.4 Å². The van der Waals surface area contributed by atoms with Gasteiger partial charge < -0.3 is 5.32 Å². The van der Waals surface area contributed by atoms with E-state index in [9.17, 15) is 10.1 Å². The molecule has 1 N–H and O–H groups in total. The number of carbonyl (C=O) groups excluding carboxylic acids is 1. The van der Waals surface area contributed by atoms with Gasteiger partial charge in [0, 0.05) is 26.9 Å². The molecular weight excluding hydrogens is 497 g/mol. The lowest BCUT2D eigenvalue weighted by Gasteiger charge is -2.13. The summed E-state index contributed by atoms with van der Waals surface area (Å²) >= 11 is 13.4. The Balaban J connectivity index is 1.69. The van der Waals surface area contributed by atoms with Crippen LogP contribution in [0.25, 0.3) is 22.4 Å². The van der Waals surface area contributed by atoms with Crippen LogP contribution in [0.5, 0.6) is 0 Å². The van der Waals surface area contributed by atoms with Gasteiger partial charge in [-0.3, -0.25) is 4.79 Å². The third-order valence-electron chi connectivity index (χ3n) is 5.41. The van der Waals surface area contributed by atoms with Crippen molar-refractivity contribution >= 4 is 46.6 Å². The Morgan fingerprint density at radius 1 is 0.971 bits per heavy atom. The van der Waals surface area contributed by atoms with E-state index in [-0.39, 0.29) is 11.7 Å². The highest BCUT2D eigenvalue weighted by atomic mass is 35.5. The third-order valence-corrected chi connectivity index (χ3v) is 6.88. The van der Waals surface area contributed by atoms with Crippen LogP contribution in [0.15, 0.2) is 83.9 Å². The highest BCUT2D eigenvalue weighted by molar-refractivity contribution is 8.00. The molecule has 0 spiro atoms. The number of nitrogens with zero attached hydrogens (tertiary/aromatic N) is 2. The Bertz CT molecular complexity index is 1400. The third kappa shape index (κ3) is 6.04. The second-order valence-electron chi connectivity index (χ2n) is 7.71. The van der Waals surface area contributed by atoms with Crippen LogP contribution in [0, 0.1) is 11.3 Å². The Labute approximate surface area is 218 Å². The molecule has 4 aromatic rings. The summed E-state index contributed by atoms with van der Waals surface area (Å²) in [6.45, 7) is 2.05. The van der Waals surface area contributed by atoms with Crippen LogP contribution in [0.4, 0.5) is 5.69 Å². The summed E-state index contributed by atoms with van der Waals surface area (Å²) in [6, 6.07) is 26.6. The number of hydrogen-bond acceptors (Lipinski definition) is 4. The van der Waals surface area contributed by atoms with Crippen molar-refractivity contribution in [2.45, 2.75) is 18.4 Å². The first-order valence-corrected chi connectivity index (χ1v) is 12.7. The van der Waals surface area contributed by atoms with Crippen LogP contribution in [0.2, 0.25) is 10.0 Å². The van der Waals surface area contributed by atoms with Crippen molar-refractivity contribution in [3.05, 3.63) is 100 Å². The number of aromatic nitrogens is 1. The fourth-order valence-electron chi connectivity index (χ4n) is 3.63. The largest absolute Gasteiger partial charge is 0.325 e. The number of benzene rings is 3. The van der Waals surface area contributed by atoms with Crippen LogP contribution < -0.4 is 5.32 Å². The Hall–Kier alpha value is -3.30. The predicted molar refractivity (Wildman–Crippen MR) is 145 cm³/mol. The van der Waals surface area contributed by atoms with E-state index in [4.69, 9.17) is 28.2 Å². The average molecular weight is 518 g/mol. The SMILES string of the molecule is CCc1ccccc1NC(=O)CSc1nc(-c2ccc(Cl)cc2)cc(-c2ccc(Cl)cc2)c1C#N. The zero-order valence-electron chi connectivity index (χ0n) is 18.9. The number of anilines is 1. The van der Waals surface area contributed by atoms with Gasteiger partial charge in [-0.2, -0.15) is 5.26 Å². The highest BCUT2D eigenvalue weighted by Gasteiger charge is 2.17. The van der Waals surface area contributed by atoms with E-state index in [1.807, 2.05) is 61.5 Å². The summed E-state index contributed by atoms with van der Waals surface area (Å²) < 4.78 is 0. The number of para-hydroxylation sites is 1. The summed E-state index contributed by atoms with van der Waals surface area (Å²) in [7, 11) is 0. The van der Waals surface area contributed by atoms with Gasteiger partial charge in [-0.05, 0) is 53.9 Å². The molecule has 1 amide bonds. The number of amides is 1. The minimum Gasteiger partial charge on any atom is -0.325 e. The van der Waals surface area contributed by atoms with Gasteiger partial charge in [-0.25, -0.2) is 4.98 Å². The standard InChI is InChI=1S/C28H21Cl2N3OS/c1-2-18-5-3-4-6-25(18)32-27(34)17-35-28-24(16-31)23(19-7-11-21(29)12-8-19)15-26(33-28)20-9-13-22(30)14-10-20/h3-15H,2,17H2,1H3,(H,32,34). The van der Waals surface area contributed by atoms with Gasteiger partial charge in [0.05, 0.1) is 17.0 Å². The van der Waals surface area contributed by atoms with E-state index < -0.39 is 0 Å². The average Bonchev–Trinajstić information content (AvgIpc) is 2.88. The molecule has 0 bridgehead atoms. The number of hydrogen-bond donors (Lipinski definition) is 1. The molecule has 35 heavy (non-hydrogen) atoms. The molecule has 0 atom stereocenters. The van der Waals surface area contributed by atoms with Crippen molar-refractivity contribution in [3.63, 3.8) is 0 Å². The Kier molecular flexibility index (Phi) is 8.09. The highest BCUT2D eigenvalue weighted by Crippen LogP contribution is 2.35. The van der Waals surface area contributed by atoms with Crippen molar-refractivity contribution in [2.24, 2.45) is 0 Å². The van der Waals surface area contributed by atoms with Gasteiger partial charge in [0.1, 0.15) is 11.1 Å². The molecule has 0 saturated heterocycles. The number of halogens is 2. The number of pyridine rings is 1. The minimum absolute atomic E-state index is 0.115. The zero-order valence-corrected chi connectivity index (χ0v) is 21.2. The lowest BCUT2D eigenvalue weighted by molar-refractivity contribution is -0.113. The van der Waals surface area contributed by atoms with Crippen LogP contribution in [-0.2, 0) is 11.2 Å². The first-order valence-electron chi connectivity index (χ1n) is 11.0. The molecule has 1 aromatic heterocycles. The number of thioether (sulfide) groups is 1. The van der Waals surface area contributed by atoms with Gasteiger partial charge in [0.15, 0.2) is 0 Å². The Morgan fingerprint density at radius 3 is 2.23 bits per heavy atom. The Morgan fingerprint density at radius 2 is 1.60 bits per heavy atom. The van der Waals surface area contributed by atoms with E-state index in [1.165, 1.54) is 11.8 Å². The maximum atomic E-state index is 12.8. The normalized spacial score (nSPS) is 10.6. The smallest absolute Gasteiger partial charge is 0.234 e. The minimum atomic E-state index is -0.161. The van der Waals surface area contributed by atoms with Crippen LogP contribution in [0.1, 0.15) is 18.1 Å². The number of nitrogens with one attached hydrogen (secondary N) is 1. The monoisotopic (exact) mass is 517 g/mol. The molecule has 3 aromatic carbocycles. The molecule has 0 fully saturated rings. The molecule has 0 radical (unpaired) electrons. The summed E-state index contributed by atoms with van der Waals surface area (Å²) in [4.78, 5) is 17.5. The van der Waals surface area contributed by atoms with E-state index in [1.54, 1.807) is 24.3 Å². The van der Waals surface area contributed by atoms with Gasteiger partial charge in [-0.15, -0.1) is 0 Å². The van der Waals surface area contributed by atoms with Gasteiger partial charge in [0.25, 0.3) is 0 Å². The van der Waals surface area contributed by atoms with E-state index in [0.29, 0.717) is 26.3 Å². The molecule has 0 unspecified atom stereocenters. The second-order valence-corrected chi connectivity index (χ2v) is 9.55. The van der Waals surface area contributed by atoms with Gasteiger partial charge in [0.2, 0.25) is 5.91 Å². The molecule has 4 nitrogen and oxygen atoms in total. The molecule has 0 aliphatic carbocycles. The van der Waals surface area contributed by atoms with Crippen LogP contribution >= 0.6 is 35.0 Å². The number of nitriles is 1. The fraction of sp³-hybridized carbons (Fsp3) is 0.107.